The Morgan fingerprint density at radius 2 is 2.06 bits per heavy atom. The maximum atomic E-state index is 13.7. The van der Waals surface area contributed by atoms with Crippen molar-refractivity contribution in [3.05, 3.63) is 36.2 Å². The van der Waals surface area contributed by atoms with Gasteiger partial charge in [-0.15, -0.1) is 5.10 Å². The van der Waals surface area contributed by atoms with Crippen LogP contribution in [-0.2, 0) is 18.0 Å². The topological polar surface area (TPSA) is 102 Å². The number of hydrogen-bond acceptors (Lipinski definition) is 6. The van der Waals surface area contributed by atoms with Crippen LogP contribution in [0.5, 0.6) is 0 Å². The first-order valence-electron chi connectivity index (χ1n) is 10.1. The fourth-order valence-corrected chi connectivity index (χ4v) is 3.85. The number of amides is 1. The summed E-state index contributed by atoms with van der Waals surface area (Å²) in [6.07, 6.45) is 0.817. The average molecular weight is 444 g/mol. The quantitative estimate of drug-likeness (QED) is 0.504. The molecule has 2 N–H and O–H groups in total. The lowest BCUT2D eigenvalue weighted by Crippen LogP contribution is -2.38. The van der Waals surface area contributed by atoms with Gasteiger partial charge in [-0.25, -0.2) is 9.97 Å². The molecule has 166 valence electrons. The average Bonchev–Trinajstić information content (AvgIpc) is 3.33. The van der Waals surface area contributed by atoms with Gasteiger partial charge in [0.1, 0.15) is 6.04 Å². The minimum absolute atomic E-state index is 0.0221. The molecule has 1 amide bonds. The molecule has 1 aliphatic rings. The highest BCUT2D eigenvalue weighted by Crippen LogP contribution is 2.36. The summed E-state index contributed by atoms with van der Waals surface area (Å²) in [5, 5.41) is 14.6. The summed E-state index contributed by atoms with van der Waals surface area (Å²) in [4.78, 5) is 21.2. The van der Waals surface area contributed by atoms with Gasteiger partial charge in [-0.2, -0.15) is 22.8 Å². The minimum Gasteiger partial charge on any atom is -0.354 e. The number of alkyl halides is 3. The second-order valence-corrected chi connectivity index (χ2v) is 7.69. The fraction of sp³-hybridized carbons (Fsp3) is 0.350. The second-order valence-electron chi connectivity index (χ2n) is 7.69. The van der Waals surface area contributed by atoms with Crippen LogP contribution in [0.25, 0.3) is 27.9 Å². The molecule has 1 aromatic carbocycles. The maximum Gasteiger partial charge on any atom is 0.418 e. The van der Waals surface area contributed by atoms with E-state index in [-0.39, 0.29) is 34.2 Å². The molecule has 0 bridgehead atoms. The number of fused-ring (bicyclic) bond motifs is 3. The predicted octanol–water partition coefficient (Wildman–Crippen LogP) is 2.78. The summed E-state index contributed by atoms with van der Waals surface area (Å²) in [5.74, 6) is 0.0846. The van der Waals surface area contributed by atoms with Gasteiger partial charge in [-0.05, 0) is 31.4 Å². The molecule has 12 heteroatoms. The summed E-state index contributed by atoms with van der Waals surface area (Å²) >= 11 is 0. The maximum absolute atomic E-state index is 13.7. The molecule has 32 heavy (non-hydrogen) atoms. The van der Waals surface area contributed by atoms with Crippen LogP contribution in [0.3, 0.4) is 0 Å². The van der Waals surface area contributed by atoms with Gasteiger partial charge < -0.3 is 10.6 Å². The molecule has 1 saturated heterocycles. The van der Waals surface area contributed by atoms with Crippen LogP contribution in [0.1, 0.15) is 24.8 Å². The number of anilines is 1. The molecule has 9 nitrogen and oxygen atoms in total. The molecule has 1 fully saturated rings. The van der Waals surface area contributed by atoms with Crippen molar-refractivity contribution in [3.8, 4) is 11.4 Å². The predicted molar refractivity (Wildman–Crippen MR) is 110 cm³/mol. The van der Waals surface area contributed by atoms with Gasteiger partial charge in [0.15, 0.2) is 11.5 Å². The van der Waals surface area contributed by atoms with Crippen LogP contribution < -0.4 is 10.6 Å². The number of para-hydroxylation sites is 1. The number of aromatic nitrogens is 6. The van der Waals surface area contributed by atoms with Crippen LogP contribution in [0.15, 0.2) is 30.6 Å². The van der Waals surface area contributed by atoms with Crippen LogP contribution in [0.4, 0.5) is 19.1 Å². The van der Waals surface area contributed by atoms with E-state index in [9.17, 15) is 18.0 Å². The Hall–Kier alpha value is -3.70. The normalized spacial score (nSPS) is 17.5. The van der Waals surface area contributed by atoms with Gasteiger partial charge in [-0.3, -0.25) is 9.48 Å². The lowest BCUT2D eigenvalue weighted by Gasteiger charge is -2.17. The van der Waals surface area contributed by atoms with E-state index in [2.05, 4.69) is 30.8 Å². The highest BCUT2D eigenvalue weighted by Gasteiger charge is 2.34. The summed E-state index contributed by atoms with van der Waals surface area (Å²) in [5.41, 5.74) is -0.322. The highest BCUT2D eigenvalue weighted by molar-refractivity contribution is 5.95. The van der Waals surface area contributed by atoms with Crippen LogP contribution >= 0.6 is 0 Å². The second kappa shape index (κ2) is 7.46. The van der Waals surface area contributed by atoms with Crippen LogP contribution in [-0.4, -0.2) is 47.9 Å². The molecular formula is C20H19F3N8O. The van der Waals surface area contributed by atoms with Gasteiger partial charge in [-0.1, -0.05) is 6.07 Å². The number of halogens is 3. The third kappa shape index (κ3) is 3.51. The van der Waals surface area contributed by atoms with Crippen LogP contribution in [0, 0.1) is 0 Å². The number of nitrogens with one attached hydrogen (secondary N) is 2. The first kappa shape index (κ1) is 20.2. The van der Waals surface area contributed by atoms with Crippen molar-refractivity contribution in [1.29, 1.82) is 0 Å². The first-order chi connectivity index (χ1) is 15.3. The van der Waals surface area contributed by atoms with E-state index >= 15 is 0 Å². The molecule has 0 spiro atoms. The molecule has 0 aliphatic carbocycles. The third-order valence-electron chi connectivity index (χ3n) is 5.41. The Morgan fingerprint density at radius 3 is 2.81 bits per heavy atom. The number of benzene rings is 1. The smallest absolute Gasteiger partial charge is 0.354 e. The summed E-state index contributed by atoms with van der Waals surface area (Å²) in [7, 11) is 1.74. The van der Waals surface area contributed by atoms with Gasteiger partial charge in [0.2, 0.25) is 11.9 Å². The number of rotatable bonds is 3. The Labute approximate surface area is 179 Å². The number of carbonyl (C=O) groups is 1. The molecule has 3 aromatic heterocycles. The molecule has 0 unspecified atom stereocenters. The molecular weight excluding hydrogens is 425 g/mol. The lowest BCUT2D eigenvalue weighted by atomic mass is 10.1. The number of hydrogen-bond donors (Lipinski definition) is 2. The fourth-order valence-electron chi connectivity index (χ4n) is 3.85. The zero-order valence-corrected chi connectivity index (χ0v) is 17.0. The summed E-state index contributed by atoms with van der Waals surface area (Å²) < 4.78 is 44.1. The van der Waals surface area contributed by atoms with E-state index in [0.29, 0.717) is 18.5 Å². The Balaban J connectivity index is 1.74. The van der Waals surface area contributed by atoms with Crippen molar-refractivity contribution < 1.29 is 18.0 Å². The van der Waals surface area contributed by atoms with Gasteiger partial charge in [0.05, 0.1) is 22.8 Å². The molecule has 1 atom stereocenters. The van der Waals surface area contributed by atoms with E-state index in [1.807, 2.05) is 0 Å². The monoisotopic (exact) mass is 444 g/mol. The van der Waals surface area contributed by atoms with Gasteiger partial charge in [0.25, 0.3) is 0 Å². The van der Waals surface area contributed by atoms with Crippen molar-refractivity contribution in [2.24, 2.45) is 7.05 Å². The van der Waals surface area contributed by atoms with Crippen molar-refractivity contribution in [2.45, 2.75) is 31.5 Å². The molecule has 5 rings (SSSR count). The minimum atomic E-state index is -4.60. The third-order valence-corrected chi connectivity index (χ3v) is 5.41. The van der Waals surface area contributed by atoms with E-state index in [4.69, 9.17) is 0 Å². The zero-order chi connectivity index (χ0) is 22.5. The highest BCUT2D eigenvalue weighted by atomic mass is 19.4. The van der Waals surface area contributed by atoms with Crippen molar-refractivity contribution in [3.63, 3.8) is 0 Å². The van der Waals surface area contributed by atoms with E-state index < -0.39 is 17.8 Å². The van der Waals surface area contributed by atoms with E-state index in [1.54, 1.807) is 24.1 Å². The largest absolute Gasteiger partial charge is 0.418 e. The summed E-state index contributed by atoms with van der Waals surface area (Å²) in [6.45, 7) is 0.560. The molecule has 4 heterocycles. The van der Waals surface area contributed by atoms with Gasteiger partial charge in [0, 0.05) is 25.2 Å². The summed E-state index contributed by atoms with van der Waals surface area (Å²) in [6, 6.07) is 3.18. The molecule has 1 aliphatic heterocycles. The van der Waals surface area contributed by atoms with Crippen molar-refractivity contribution in [1.82, 2.24) is 34.7 Å². The first-order valence-corrected chi connectivity index (χ1v) is 10.1. The number of nitrogens with zero attached hydrogens (tertiary/aromatic N) is 6. The lowest BCUT2D eigenvalue weighted by molar-refractivity contribution is -0.136. The van der Waals surface area contributed by atoms with Crippen molar-refractivity contribution in [2.75, 3.05) is 11.9 Å². The van der Waals surface area contributed by atoms with Crippen molar-refractivity contribution >= 4 is 28.4 Å². The van der Waals surface area contributed by atoms with Gasteiger partial charge >= 0.3 is 6.18 Å². The zero-order valence-electron chi connectivity index (χ0n) is 17.0. The van der Waals surface area contributed by atoms with E-state index in [0.717, 1.165) is 18.9 Å². The SMILES string of the molecule is Cn1cc(-c2nc3c4cccc(C(F)(F)F)c4nc(N[C@H]4CCCCNC4=O)n3n2)cn1. The van der Waals surface area contributed by atoms with Crippen LogP contribution in [0.2, 0.25) is 0 Å². The molecule has 4 aromatic rings. The van der Waals surface area contributed by atoms with E-state index in [1.165, 1.54) is 16.6 Å². The molecule has 0 saturated carbocycles. The Kier molecular flexibility index (Phi) is 4.72. The number of carbonyl (C=O) groups excluding carboxylic acids is 1. The number of aryl methyl sites for hydroxylation is 1. The Bertz CT molecular complexity index is 1330. The standard InChI is InChI=1S/C20H19F3N8O/c1-30-10-11(9-25-30)16-28-17-12-5-4-6-13(20(21,22)23)15(12)27-19(31(17)29-16)26-14-7-2-3-8-24-18(14)32/h4-6,9-10,14H,2-3,7-8H2,1H3,(H,24,32)(H,26,27)/t14-/m0/s1. The molecule has 0 radical (unpaired) electrons. The Morgan fingerprint density at radius 1 is 1.22 bits per heavy atom.